The van der Waals surface area contributed by atoms with Gasteiger partial charge in [-0.15, -0.1) is 0 Å². The molecule has 128 valence electrons. The Bertz CT molecular complexity index is 811. The van der Waals surface area contributed by atoms with Crippen LogP contribution in [0, 0.1) is 16.0 Å². The highest BCUT2D eigenvalue weighted by atomic mass is 16.6. The Balaban J connectivity index is 1.73. The molecule has 0 aromatic heterocycles. The van der Waals surface area contributed by atoms with E-state index in [0.29, 0.717) is 0 Å². The first-order valence-corrected chi connectivity index (χ1v) is 8.13. The molecule has 0 saturated carbocycles. The number of benzene rings is 2. The third kappa shape index (κ3) is 2.88. The van der Waals surface area contributed by atoms with Gasteiger partial charge in [0, 0.05) is 24.0 Å². The summed E-state index contributed by atoms with van der Waals surface area (Å²) in [5.41, 5.74) is 8.15. The van der Waals surface area contributed by atoms with Crippen LogP contribution in [0.1, 0.15) is 29.5 Å². The Labute approximate surface area is 144 Å². The molecule has 4 atom stereocenters. The van der Waals surface area contributed by atoms with Crippen molar-refractivity contribution in [1.82, 2.24) is 10.9 Å². The van der Waals surface area contributed by atoms with Gasteiger partial charge in [-0.05, 0) is 11.1 Å². The Kier molecular flexibility index (Phi) is 3.95. The summed E-state index contributed by atoms with van der Waals surface area (Å²) in [4.78, 5) is 22.7. The molecule has 2 fully saturated rings. The average Bonchev–Trinajstić information content (AvgIpc) is 3.05. The lowest BCUT2D eigenvalue weighted by Gasteiger charge is -2.35. The molecule has 2 aliphatic rings. The van der Waals surface area contributed by atoms with E-state index in [1.54, 1.807) is 12.1 Å². The van der Waals surface area contributed by atoms with Gasteiger partial charge >= 0.3 is 5.97 Å². The maximum Gasteiger partial charge on any atom is 0.308 e. The number of carbonyl (C=O) groups excluding carboxylic acids is 1. The third-order valence-electron chi connectivity index (χ3n) is 4.89. The molecule has 0 aliphatic carbocycles. The van der Waals surface area contributed by atoms with Gasteiger partial charge in [0.15, 0.2) is 6.23 Å². The van der Waals surface area contributed by atoms with Crippen molar-refractivity contribution in [1.29, 1.82) is 0 Å². The zero-order valence-electron chi connectivity index (χ0n) is 13.3. The molecule has 2 N–H and O–H groups in total. The molecule has 4 rings (SSSR count). The fourth-order valence-corrected chi connectivity index (χ4v) is 3.77. The van der Waals surface area contributed by atoms with E-state index in [2.05, 4.69) is 10.9 Å². The predicted octanol–water partition coefficient (Wildman–Crippen LogP) is 2.42. The van der Waals surface area contributed by atoms with Gasteiger partial charge in [-0.2, -0.15) is 0 Å². The summed E-state index contributed by atoms with van der Waals surface area (Å²) in [6, 6.07) is 16.4. The molecule has 4 unspecified atom stereocenters. The third-order valence-corrected chi connectivity index (χ3v) is 4.89. The first kappa shape index (κ1) is 15.7. The number of hydrogen-bond acceptors (Lipinski definition) is 6. The molecule has 2 heterocycles. The lowest BCUT2D eigenvalue weighted by Crippen LogP contribution is -2.42. The summed E-state index contributed by atoms with van der Waals surface area (Å²) in [5.74, 6) is -0.526. The standard InChI is InChI=1S/C18H17N3O4/c22-15-10-14(12-7-4-8-13(9-12)21(23)24)16-17(19-20-18(16)25-15)11-5-2-1-3-6-11/h1-9,14,16-20H,10H2. The lowest BCUT2D eigenvalue weighted by molar-refractivity contribution is -0.384. The maximum atomic E-state index is 12.0. The zero-order chi connectivity index (χ0) is 17.4. The van der Waals surface area contributed by atoms with Crippen molar-refractivity contribution in [2.24, 2.45) is 5.92 Å². The quantitative estimate of drug-likeness (QED) is 0.507. The van der Waals surface area contributed by atoms with E-state index in [0.717, 1.165) is 11.1 Å². The number of fused-ring (bicyclic) bond motifs is 1. The molecule has 7 heteroatoms. The highest BCUT2D eigenvalue weighted by molar-refractivity contribution is 5.72. The second kappa shape index (κ2) is 6.27. The van der Waals surface area contributed by atoms with Gasteiger partial charge in [0.2, 0.25) is 0 Å². The summed E-state index contributed by atoms with van der Waals surface area (Å²) < 4.78 is 5.44. The second-order valence-corrected chi connectivity index (χ2v) is 6.33. The number of hydrazine groups is 1. The van der Waals surface area contributed by atoms with Crippen LogP contribution in [0.25, 0.3) is 0 Å². The molecule has 2 aromatic carbocycles. The number of carbonyl (C=O) groups is 1. The Morgan fingerprint density at radius 2 is 1.80 bits per heavy atom. The van der Waals surface area contributed by atoms with Crippen molar-refractivity contribution in [2.45, 2.75) is 24.6 Å². The molecule has 2 saturated heterocycles. The molecule has 2 aromatic rings. The van der Waals surface area contributed by atoms with Crippen molar-refractivity contribution in [3.8, 4) is 0 Å². The van der Waals surface area contributed by atoms with Crippen LogP contribution in [0.5, 0.6) is 0 Å². The van der Waals surface area contributed by atoms with E-state index >= 15 is 0 Å². The molecule has 25 heavy (non-hydrogen) atoms. The Morgan fingerprint density at radius 1 is 1.04 bits per heavy atom. The van der Waals surface area contributed by atoms with Crippen LogP contribution in [-0.4, -0.2) is 17.1 Å². The maximum absolute atomic E-state index is 12.0. The van der Waals surface area contributed by atoms with Crippen molar-refractivity contribution in [2.75, 3.05) is 0 Å². The normalized spacial score (nSPS) is 28.2. The largest absolute Gasteiger partial charge is 0.445 e. The molecular weight excluding hydrogens is 322 g/mol. The van der Waals surface area contributed by atoms with Gasteiger partial charge in [0.05, 0.1) is 17.4 Å². The van der Waals surface area contributed by atoms with Gasteiger partial charge in [-0.3, -0.25) is 14.9 Å². The van der Waals surface area contributed by atoms with Gasteiger partial charge in [0.1, 0.15) is 0 Å². The van der Waals surface area contributed by atoms with Gasteiger partial charge in [-0.1, -0.05) is 42.5 Å². The minimum atomic E-state index is -0.462. The molecule has 0 bridgehead atoms. The van der Waals surface area contributed by atoms with Crippen LogP contribution in [0.3, 0.4) is 0 Å². The summed E-state index contributed by atoms with van der Waals surface area (Å²) in [6.45, 7) is 0. The van der Waals surface area contributed by atoms with Crippen molar-refractivity contribution >= 4 is 11.7 Å². The second-order valence-electron chi connectivity index (χ2n) is 6.33. The number of nitrogens with zero attached hydrogens (tertiary/aromatic N) is 1. The van der Waals surface area contributed by atoms with E-state index in [1.165, 1.54) is 6.07 Å². The number of hydrogen-bond donors (Lipinski definition) is 2. The number of ether oxygens (including phenoxy) is 1. The van der Waals surface area contributed by atoms with Crippen LogP contribution < -0.4 is 10.9 Å². The number of rotatable bonds is 3. The number of nitro benzene ring substituents is 1. The van der Waals surface area contributed by atoms with E-state index < -0.39 is 11.2 Å². The molecule has 0 spiro atoms. The highest BCUT2D eigenvalue weighted by Gasteiger charge is 2.48. The zero-order valence-corrected chi connectivity index (χ0v) is 13.3. The molecule has 0 amide bonds. The minimum Gasteiger partial charge on any atom is -0.445 e. The van der Waals surface area contributed by atoms with Gasteiger partial charge in [-0.25, -0.2) is 10.9 Å². The number of non-ortho nitro benzene ring substituents is 1. The average molecular weight is 339 g/mol. The van der Waals surface area contributed by atoms with Gasteiger partial charge in [0.25, 0.3) is 5.69 Å². The SMILES string of the molecule is O=C1CC(c2cccc([N+](=O)[O-])c2)C2C(NNC2c2ccccc2)O1. The lowest BCUT2D eigenvalue weighted by atomic mass is 9.76. The Hall–Kier alpha value is -2.77. The summed E-state index contributed by atoms with van der Waals surface area (Å²) in [7, 11) is 0. The first-order valence-electron chi connectivity index (χ1n) is 8.13. The molecule has 7 nitrogen and oxygen atoms in total. The fraction of sp³-hybridized carbons (Fsp3) is 0.278. The molecule has 2 aliphatic heterocycles. The molecular formula is C18H17N3O4. The molecule has 0 radical (unpaired) electrons. The van der Waals surface area contributed by atoms with Crippen molar-refractivity contribution < 1.29 is 14.5 Å². The van der Waals surface area contributed by atoms with Crippen LogP contribution in [0.4, 0.5) is 5.69 Å². The smallest absolute Gasteiger partial charge is 0.308 e. The number of nitro groups is 1. The number of esters is 1. The van der Waals surface area contributed by atoms with Crippen LogP contribution in [0.2, 0.25) is 0 Å². The van der Waals surface area contributed by atoms with Crippen molar-refractivity contribution in [3.05, 3.63) is 75.8 Å². The highest BCUT2D eigenvalue weighted by Crippen LogP contribution is 2.45. The van der Waals surface area contributed by atoms with Crippen LogP contribution in [0.15, 0.2) is 54.6 Å². The van der Waals surface area contributed by atoms with E-state index in [1.807, 2.05) is 36.4 Å². The van der Waals surface area contributed by atoms with E-state index in [9.17, 15) is 14.9 Å². The van der Waals surface area contributed by atoms with Crippen molar-refractivity contribution in [3.63, 3.8) is 0 Å². The predicted molar refractivity (Wildman–Crippen MR) is 89.3 cm³/mol. The summed E-state index contributed by atoms with van der Waals surface area (Å²) >= 11 is 0. The fourth-order valence-electron chi connectivity index (χ4n) is 3.77. The van der Waals surface area contributed by atoms with Crippen LogP contribution >= 0.6 is 0 Å². The van der Waals surface area contributed by atoms with Gasteiger partial charge < -0.3 is 4.74 Å². The topological polar surface area (TPSA) is 93.5 Å². The monoisotopic (exact) mass is 339 g/mol. The van der Waals surface area contributed by atoms with E-state index in [-0.39, 0.29) is 36.0 Å². The number of nitrogens with one attached hydrogen (secondary N) is 2. The summed E-state index contributed by atoms with van der Waals surface area (Å²) in [6.07, 6.45) is -0.259. The van der Waals surface area contributed by atoms with E-state index in [4.69, 9.17) is 4.74 Å². The minimum absolute atomic E-state index is 0.0307. The summed E-state index contributed by atoms with van der Waals surface area (Å²) in [5, 5.41) is 11.1. The first-order chi connectivity index (χ1) is 12.1. The Morgan fingerprint density at radius 3 is 2.56 bits per heavy atom. The van der Waals surface area contributed by atoms with Crippen LogP contribution in [-0.2, 0) is 9.53 Å².